The maximum Gasteiger partial charge on any atom is 0.328 e. The zero-order valence-electron chi connectivity index (χ0n) is 12.1. The van der Waals surface area contributed by atoms with Crippen LogP contribution >= 0.6 is 0 Å². The number of anilines is 1. The van der Waals surface area contributed by atoms with Gasteiger partial charge in [-0.2, -0.15) is 0 Å². The van der Waals surface area contributed by atoms with E-state index in [9.17, 15) is 4.79 Å². The van der Waals surface area contributed by atoms with Gasteiger partial charge in [-0.3, -0.25) is 0 Å². The van der Waals surface area contributed by atoms with Crippen LogP contribution in [0.1, 0.15) is 38.2 Å². The van der Waals surface area contributed by atoms with Crippen LogP contribution in [0.25, 0.3) is 6.08 Å². The van der Waals surface area contributed by atoms with Gasteiger partial charge >= 0.3 is 5.97 Å². The monoisotopic (exact) mass is 274 g/mol. The highest BCUT2D eigenvalue weighted by Gasteiger charge is 2.22. The number of carbonyl (C=O) groups is 1. The maximum atomic E-state index is 10.5. The number of hydrogen-bond donors (Lipinski definition) is 1. The summed E-state index contributed by atoms with van der Waals surface area (Å²) in [6, 6.07) is 4.43. The van der Waals surface area contributed by atoms with Crippen molar-refractivity contribution in [3.05, 3.63) is 30.0 Å². The molecule has 0 saturated heterocycles. The second-order valence-electron chi connectivity index (χ2n) is 5.65. The van der Waals surface area contributed by atoms with Crippen LogP contribution in [-0.2, 0) is 4.79 Å². The third kappa shape index (κ3) is 3.83. The maximum absolute atomic E-state index is 10.5. The Hall–Kier alpha value is -1.84. The average molecular weight is 274 g/mol. The zero-order chi connectivity index (χ0) is 14.5. The average Bonchev–Trinajstić information content (AvgIpc) is 2.46. The van der Waals surface area contributed by atoms with Gasteiger partial charge in [0.05, 0.1) is 0 Å². The first-order chi connectivity index (χ1) is 9.56. The van der Waals surface area contributed by atoms with Gasteiger partial charge in [0, 0.05) is 25.4 Å². The molecule has 4 nitrogen and oxygen atoms in total. The van der Waals surface area contributed by atoms with Crippen molar-refractivity contribution in [3.8, 4) is 0 Å². The highest BCUT2D eigenvalue weighted by Crippen LogP contribution is 2.28. The van der Waals surface area contributed by atoms with Crippen LogP contribution in [0.4, 0.5) is 5.82 Å². The number of hydrogen-bond acceptors (Lipinski definition) is 3. The molecule has 1 fully saturated rings. The van der Waals surface area contributed by atoms with Gasteiger partial charge in [-0.1, -0.05) is 6.92 Å². The van der Waals surface area contributed by atoms with E-state index in [0.29, 0.717) is 6.04 Å². The minimum absolute atomic E-state index is 0.569. The highest BCUT2D eigenvalue weighted by molar-refractivity contribution is 5.85. The summed E-state index contributed by atoms with van der Waals surface area (Å²) in [5.74, 6) is 0.857. The standard InChI is InChI=1S/C16H22N2O2/c1-12-3-7-14(8-4-12)18(2)15-9-5-13(11-17-15)6-10-16(19)20/h5-6,9-12,14H,3-4,7-8H2,1-2H3,(H,19,20)/b10-6+. The van der Waals surface area contributed by atoms with E-state index in [2.05, 4.69) is 23.9 Å². The Morgan fingerprint density at radius 2 is 2.05 bits per heavy atom. The molecule has 0 aromatic carbocycles. The molecule has 20 heavy (non-hydrogen) atoms. The molecule has 2 rings (SSSR count). The van der Waals surface area contributed by atoms with Crippen LogP contribution in [0.5, 0.6) is 0 Å². The van der Waals surface area contributed by atoms with Gasteiger partial charge in [0.25, 0.3) is 0 Å². The van der Waals surface area contributed by atoms with Crippen LogP contribution in [0.3, 0.4) is 0 Å². The van der Waals surface area contributed by atoms with E-state index in [1.165, 1.54) is 25.7 Å². The molecular formula is C16H22N2O2. The van der Waals surface area contributed by atoms with Gasteiger partial charge in [-0.15, -0.1) is 0 Å². The van der Waals surface area contributed by atoms with Crippen molar-refractivity contribution in [3.63, 3.8) is 0 Å². The molecule has 0 radical (unpaired) electrons. The second kappa shape index (κ2) is 6.55. The quantitative estimate of drug-likeness (QED) is 0.857. The minimum atomic E-state index is -0.942. The van der Waals surface area contributed by atoms with Crippen molar-refractivity contribution in [2.45, 2.75) is 38.6 Å². The zero-order valence-corrected chi connectivity index (χ0v) is 12.1. The molecule has 0 atom stereocenters. The van der Waals surface area contributed by atoms with Crippen LogP contribution in [0, 0.1) is 5.92 Å². The normalized spacial score (nSPS) is 22.9. The number of rotatable bonds is 4. The Kier molecular flexibility index (Phi) is 4.77. The van der Waals surface area contributed by atoms with E-state index < -0.39 is 5.97 Å². The van der Waals surface area contributed by atoms with Crippen LogP contribution in [0.2, 0.25) is 0 Å². The summed E-state index contributed by atoms with van der Waals surface area (Å²) in [5, 5.41) is 8.59. The Labute approximate surface area is 120 Å². The largest absolute Gasteiger partial charge is 0.478 e. The van der Waals surface area contributed by atoms with Gasteiger partial charge in [0.2, 0.25) is 0 Å². The van der Waals surface area contributed by atoms with Crippen LogP contribution in [-0.4, -0.2) is 29.1 Å². The Balaban J connectivity index is 2.00. The minimum Gasteiger partial charge on any atom is -0.478 e. The molecule has 1 aromatic rings. The van der Waals surface area contributed by atoms with Crippen molar-refractivity contribution in [1.82, 2.24) is 4.98 Å². The molecule has 1 aliphatic rings. The lowest BCUT2D eigenvalue weighted by molar-refractivity contribution is -0.131. The first-order valence-electron chi connectivity index (χ1n) is 7.16. The van der Waals surface area contributed by atoms with Crippen molar-refractivity contribution >= 4 is 17.9 Å². The van der Waals surface area contributed by atoms with Crippen molar-refractivity contribution in [2.24, 2.45) is 5.92 Å². The molecule has 4 heteroatoms. The fraction of sp³-hybridized carbons (Fsp3) is 0.500. The SMILES string of the molecule is CC1CCC(N(C)c2ccc(/C=C/C(=O)O)cn2)CC1. The smallest absolute Gasteiger partial charge is 0.328 e. The predicted molar refractivity (Wildman–Crippen MR) is 80.7 cm³/mol. The summed E-state index contributed by atoms with van der Waals surface area (Å²) in [7, 11) is 2.09. The van der Waals surface area contributed by atoms with Crippen molar-refractivity contribution < 1.29 is 9.90 Å². The lowest BCUT2D eigenvalue weighted by Crippen LogP contribution is -2.35. The fourth-order valence-corrected chi connectivity index (χ4v) is 2.69. The number of carboxylic acid groups (broad SMARTS) is 1. The summed E-state index contributed by atoms with van der Waals surface area (Å²) >= 11 is 0. The molecule has 1 heterocycles. The van der Waals surface area contributed by atoms with E-state index in [-0.39, 0.29) is 0 Å². The van der Waals surface area contributed by atoms with E-state index in [0.717, 1.165) is 23.4 Å². The van der Waals surface area contributed by atoms with Crippen LogP contribution in [0.15, 0.2) is 24.4 Å². The summed E-state index contributed by atoms with van der Waals surface area (Å²) in [6.07, 6.45) is 9.42. The molecule has 1 aromatic heterocycles. The number of nitrogens with zero attached hydrogens (tertiary/aromatic N) is 2. The van der Waals surface area contributed by atoms with E-state index in [1.807, 2.05) is 12.1 Å². The van der Waals surface area contributed by atoms with Gasteiger partial charge in [-0.25, -0.2) is 9.78 Å². The van der Waals surface area contributed by atoms with Gasteiger partial charge < -0.3 is 10.0 Å². The van der Waals surface area contributed by atoms with Crippen molar-refractivity contribution in [1.29, 1.82) is 0 Å². The fourth-order valence-electron chi connectivity index (χ4n) is 2.69. The second-order valence-corrected chi connectivity index (χ2v) is 5.65. The number of carboxylic acids is 1. The summed E-state index contributed by atoms with van der Waals surface area (Å²) < 4.78 is 0. The topological polar surface area (TPSA) is 53.4 Å². The molecule has 0 spiro atoms. The molecule has 0 unspecified atom stereocenters. The Morgan fingerprint density at radius 1 is 1.35 bits per heavy atom. The summed E-state index contributed by atoms with van der Waals surface area (Å²) in [4.78, 5) is 17.1. The van der Waals surface area contributed by atoms with E-state index >= 15 is 0 Å². The Bertz CT molecular complexity index is 474. The lowest BCUT2D eigenvalue weighted by atomic mass is 9.87. The number of aliphatic carboxylic acids is 1. The lowest BCUT2D eigenvalue weighted by Gasteiger charge is -2.34. The van der Waals surface area contributed by atoms with Crippen molar-refractivity contribution in [2.75, 3.05) is 11.9 Å². The Morgan fingerprint density at radius 3 is 2.60 bits per heavy atom. The van der Waals surface area contributed by atoms with E-state index in [4.69, 9.17) is 5.11 Å². The molecular weight excluding hydrogens is 252 g/mol. The third-order valence-electron chi connectivity index (χ3n) is 4.08. The molecule has 0 bridgehead atoms. The van der Waals surface area contributed by atoms with E-state index in [1.54, 1.807) is 12.3 Å². The molecule has 108 valence electrons. The molecule has 1 aliphatic carbocycles. The summed E-state index contributed by atoms with van der Waals surface area (Å²) in [6.45, 7) is 2.32. The molecule has 0 aliphatic heterocycles. The first-order valence-corrected chi connectivity index (χ1v) is 7.16. The van der Waals surface area contributed by atoms with Gasteiger partial charge in [0.15, 0.2) is 0 Å². The predicted octanol–water partition coefficient (Wildman–Crippen LogP) is 3.19. The highest BCUT2D eigenvalue weighted by atomic mass is 16.4. The number of pyridine rings is 1. The molecule has 1 N–H and O–H groups in total. The molecule has 1 saturated carbocycles. The third-order valence-corrected chi connectivity index (χ3v) is 4.08. The van der Waals surface area contributed by atoms with Gasteiger partial charge in [0.1, 0.15) is 5.82 Å². The number of aromatic nitrogens is 1. The van der Waals surface area contributed by atoms with Gasteiger partial charge in [-0.05, 0) is 55.4 Å². The summed E-state index contributed by atoms with van der Waals surface area (Å²) in [5.41, 5.74) is 0.807. The van der Waals surface area contributed by atoms with Crippen LogP contribution < -0.4 is 4.90 Å². The molecule has 0 amide bonds. The first kappa shape index (κ1) is 14.6.